The maximum Gasteiger partial charge on any atom is 0.413 e. The first-order chi connectivity index (χ1) is 13.1. The van der Waals surface area contributed by atoms with Crippen LogP contribution in [0.25, 0.3) is 0 Å². The fourth-order valence-corrected chi connectivity index (χ4v) is 3.65. The van der Waals surface area contributed by atoms with E-state index in [0.29, 0.717) is 42.7 Å². The Bertz CT molecular complexity index is 823. The molecule has 3 rings (SSSR count). The summed E-state index contributed by atoms with van der Waals surface area (Å²) < 4.78 is 15.6. The molecule has 1 aromatic carbocycles. The third-order valence-electron chi connectivity index (χ3n) is 3.97. The van der Waals surface area contributed by atoms with Crippen LogP contribution in [0, 0.1) is 0 Å². The number of nitrogens with one attached hydrogen (secondary N) is 1. The largest absolute Gasteiger partial charge is 0.497 e. The van der Waals surface area contributed by atoms with Crippen LogP contribution >= 0.6 is 11.3 Å². The molecular formula is C18H21N3O5S. The number of methoxy groups -OCH3 is 1. The van der Waals surface area contributed by atoms with E-state index in [9.17, 15) is 9.59 Å². The lowest BCUT2D eigenvalue weighted by atomic mass is 10.2. The Hall–Kier alpha value is -2.81. The van der Waals surface area contributed by atoms with Crippen molar-refractivity contribution in [3.05, 3.63) is 34.8 Å². The highest BCUT2D eigenvalue weighted by Gasteiger charge is 2.25. The Morgan fingerprint density at radius 3 is 2.93 bits per heavy atom. The predicted molar refractivity (Wildman–Crippen MR) is 100 cm³/mol. The van der Waals surface area contributed by atoms with Crippen LogP contribution < -0.4 is 14.8 Å². The molecule has 1 aliphatic rings. The fourth-order valence-electron chi connectivity index (χ4n) is 2.64. The van der Waals surface area contributed by atoms with E-state index < -0.39 is 6.09 Å². The summed E-state index contributed by atoms with van der Waals surface area (Å²) in [5.74, 6) is 1.16. The van der Waals surface area contributed by atoms with Crippen molar-refractivity contribution >= 4 is 28.5 Å². The maximum absolute atomic E-state index is 12.5. The molecule has 0 saturated heterocycles. The number of carbonyl (C=O) groups excluding carboxylic acids is 2. The highest BCUT2D eigenvalue weighted by molar-refractivity contribution is 7.15. The molecule has 27 heavy (non-hydrogen) atoms. The second-order valence-electron chi connectivity index (χ2n) is 5.77. The van der Waals surface area contributed by atoms with E-state index in [0.717, 1.165) is 10.6 Å². The first-order valence-corrected chi connectivity index (χ1v) is 9.37. The van der Waals surface area contributed by atoms with Crippen LogP contribution in [0.1, 0.15) is 17.5 Å². The molecule has 1 aliphatic heterocycles. The van der Waals surface area contributed by atoms with Gasteiger partial charge in [0.1, 0.15) is 11.5 Å². The summed E-state index contributed by atoms with van der Waals surface area (Å²) >= 11 is 1.36. The molecule has 0 saturated carbocycles. The molecule has 2 heterocycles. The second kappa shape index (κ2) is 8.72. The van der Waals surface area contributed by atoms with E-state index in [1.807, 2.05) is 6.07 Å². The van der Waals surface area contributed by atoms with Crippen molar-refractivity contribution in [3.8, 4) is 11.5 Å². The molecule has 1 aromatic heterocycles. The van der Waals surface area contributed by atoms with Gasteiger partial charge >= 0.3 is 6.09 Å². The highest BCUT2D eigenvalue weighted by Crippen LogP contribution is 2.28. The molecule has 0 spiro atoms. The van der Waals surface area contributed by atoms with Gasteiger partial charge in [-0.1, -0.05) is 17.4 Å². The van der Waals surface area contributed by atoms with Crippen LogP contribution in [-0.4, -0.2) is 48.8 Å². The second-order valence-corrected chi connectivity index (χ2v) is 6.85. The number of hydrogen-bond donors (Lipinski definition) is 1. The van der Waals surface area contributed by atoms with Crippen molar-refractivity contribution in [3.63, 3.8) is 0 Å². The van der Waals surface area contributed by atoms with Gasteiger partial charge in [0.25, 0.3) is 5.91 Å². The average molecular weight is 391 g/mol. The van der Waals surface area contributed by atoms with Gasteiger partial charge in [0.05, 0.1) is 26.0 Å². The van der Waals surface area contributed by atoms with Gasteiger partial charge in [-0.2, -0.15) is 0 Å². The summed E-state index contributed by atoms with van der Waals surface area (Å²) in [6.45, 7) is 3.01. The van der Waals surface area contributed by atoms with Crippen molar-refractivity contribution in [1.29, 1.82) is 0 Å². The Morgan fingerprint density at radius 1 is 1.33 bits per heavy atom. The lowest BCUT2D eigenvalue weighted by Crippen LogP contribution is -2.38. The number of carbonyl (C=O) groups is 2. The smallest absolute Gasteiger partial charge is 0.413 e. The standard InChI is InChI=1S/C18H21N3O5S/c1-3-25-18(23)20-17-19-14-7-8-21(10-15(14)27-17)16(22)11-26-13-6-4-5-12(9-13)24-2/h4-6,9H,3,7-8,10-11H2,1-2H3,(H,19,20,23). The monoisotopic (exact) mass is 391 g/mol. The molecule has 0 unspecified atom stereocenters. The van der Waals surface area contributed by atoms with Crippen LogP contribution in [0.4, 0.5) is 9.93 Å². The first-order valence-electron chi connectivity index (χ1n) is 8.56. The molecule has 2 aromatic rings. The number of fused-ring (bicyclic) bond motifs is 1. The molecule has 0 atom stereocenters. The van der Waals surface area contributed by atoms with Crippen molar-refractivity contribution in [1.82, 2.24) is 9.88 Å². The summed E-state index contributed by atoms with van der Waals surface area (Å²) in [5.41, 5.74) is 0.907. The minimum absolute atomic E-state index is 0.0464. The van der Waals surface area contributed by atoms with Crippen LogP contribution in [0.3, 0.4) is 0 Å². The number of aromatic nitrogens is 1. The minimum atomic E-state index is -0.525. The number of thiazole rings is 1. The zero-order valence-corrected chi connectivity index (χ0v) is 16.0. The molecule has 8 nitrogen and oxygen atoms in total. The number of amides is 2. The number of nitrogens with zero attached hydrogens (tertiary/aromatic N) is 2. The lowest BCUT2D eigenvalue weighted by Gasteiger charge is -2.26. The fraction of sp³-hybridized carbons (Fsp3) is 0.389. The molecular weight excluding hydrogens is 370 g/mol. The van der Waals surface area contributed by atoms with E-state index in [1.165, 1.54) is 11.3 Å². The average Bonchev–Trinajstić information content (AvgIpc) is 3.07. The lowest BCUT2D eigenvalue weighted by molar-refractivity contribution is -0.134. The van der Waals surface area contributed by atoms with Gasteiger partial charge in [0.2, 0.25) is 0 Å². The number of hydrogen-bond acceptors (Lipinski definition) is 7. The summed E-state index contributed by atoms with van der Waals surface area (Å²) in [6.07, 6.45) is 0.115. The van der Waals surface area contributed by atoms with Crippen molar-refractivity contribution in [2.24, 2.45) is 0 Å². The van der Waals surface area contributed by atoms with Gasteiger partial charge in [0, 0.05) is 23.9 Å². The SMILES string of the molecule is CCOC(=O)Nc1nc2c(s1)CN(C(=O)COc1cccc(OC)c1)CC2. The molecule has 144 valence electrons. The van der Waals surface area contributed by atoms with Crippen molar-refractivity contribution in [2.45, 2.75) is 19.9 Å². The van der Waals surface area contributed by atoms with Gasteiger partial charge in [-0.05, 0) is 19.1 Å². The van der Waals surface area contributed by atoms with Crippen LogP contribution in [0.5, 0.6) is 11.5 Å². The molecule has 0 fully saturated rings. The third-order valence-corrected chi connectivity index (χ3v) is 4.97. The Kier molecular flexibility index (Phi) is 6.12. The molecule has 0 radical (unpaired) electrons. The molecule has 9 heteroatoms. The highest BCUT2D eigenvalue weighted by atomic mass is 32.1. The van der Waals surface area contributed by atoms with Gasteiger partial charge in [0.15, 0.2) is 11.7 Å². The normalized spacial score (nSPS) is 12.9. The first kappa shape index (κ1) is 19.0. The van der Waals surface area contributed by atoms with E-state index >= 15 is 0 Å². The third kappa shape index (κ3) is 4.88. The number of anilines is 1. The summed E-state index contributed by atoms with van der Waals surface area (Å²) in [6, 6.07) is 7.13. The summed E-state index contributed by atoms with van der Waals surface area (Å²) in [4.78, 5) is 31.1. The Labute approximate surface area is 161 Å². The molecule has 0 aliphatic carbocycles. The van der Waals surface area contributed by atoms with Gasteiger partial charge in [-0.25, -0.2) is 9.78 Å². The quantitative estimate of drug-likeness (QED) is 0.814. The van der Waals surface area contributed by atoms with E-state index in [-0.39, 0.29) is 12.5 Å². The van der Waals surface area contributed by atoms with E-state index in [4.69, 9.17) is 14.2 Å². The topological polar surface area (TPSA) is 90.0 Å². The van der Waals surface area contributed by atoms with Crippen LogP contribution in [0.15, 0.2) is 24.3 Å². The predicted octanol–water partition coefficient (Wildman–Crippen LogP) is 2.68. The number of benzene rings is 1. The molecule has 2 amide bonds. The molecule has 0 bridgehead atoms. The van der Waals surface area contributed by atoms with E-state index in [1.54, 1.807) is 37.1 Å². The zero-order chi connectivity index (χ0) is 19.2. The van der Waals surface area contributed by atoms with Crippen LogP contribution in [0.2, 0.25) is 0 Å². The number of ether oxygens (including phenoxy) is 3. The van der Waals surface area contributed by atoms with Gasteiger partial charge in [-0.15, -0.1) is 0 Å². The van der Waals surface area contributed by atoms with Gasteiger partial charge < -0.3 is 19.1 Å². The summed E-state index contributed by atoms with van der Waals surface area (Å²) in [7, 11) is 1.58. The maximum atomic E-state index is 12.5. The van der Waals surface area contributed by atoms with Crippen molar-refractivity contribution in [2.75, 3.05) is 32.2 Å². The molecule has 1 N–H and O–H groups in total. The zero-order valence-electron chi connectivity index (χ0n) is 15.2. The van der Waals surface area contributed by atoms with Crippen molar-refractivity contribution < 1.29 is 23.8 Å². The van der Waals surface area contributed by atoms with Gasteiger partial charge in [-0.3, -0.25) is 10.1 Å². The van der Waals surface area contributed by atoms with E-state index in [2.05, 4.69) is 10.3 Å². The Morgan fingerprint density at radius 2 is 2.15 bits per heavy atom. The Balaban J connectivity index is 1.56. The minimum Gasteiger partial charge on any atom is -0.497 e. The number of rotatable bonds is 6. The summed E-state index contributed by atoms with van der Waals surface area (Å²) in [5, 5.41) is 3.09. The van der Waals surface area contributed by atoms with Crippen LogP contribution in [-0.2, 0) is 22.5 Å².